The van der Waals surface area contributed by atoms with Gasteiger partial charge < -0.3 is 14.5 Å². The molecule has 0 atom stereocenters. The maximum absolute atomic E-state index is 11.8. The number of carbonyl (C=O) groups excluding carboxylic acids is 1. The Morgan fingerprint density at radius 1 is 1.39 bits per heavy atom. The fraction of sp³-hybridized carbons (Fsp3) is 0.545. The van der Waals surface area contributed by atoms with E-state index in [2.05, 4.69) is 9.97 Å². The van der Waals surface area contributed by atoms with Crippen molar-refractivity contribution in [1.82, 2.24) is 14.9 Å². The number of nitrogens with zero attached hydrogens (tertiary/aromatic N) is 4. The molecule has 2 rings (SSSR count). The smallest absolute Gasteiger partial charge is 0.241 e. The second kappa shape index (κ2) is 5.39. The summed E-state index contributed by atoms with van der Waals surface area (Å²) in [5.41, 5.74) is 0. The summed E-state index contributed by atoms with van der Waals surface area (Å²) in [6.45, 7) is 1.76. The van der Waals surface area contributed by atoms with Crippen molar-refractivity contribution in [3.8, 4) is 5.75 Å². The van der Waals surface area contributed by atoms with Gasteiger partial charge in [0.1, 0.15) is 6.33 Å². The summed E-state index contributed by atoms with van der Waals surface area (Å²) in [4.78, 5) is 23.5. The highest BCUT2D eigenvalue weighted by atomic mass is 35.5. The second-order valence-electron chi connectivity index (χ2n) is 4.11. The van der Waals surface area contributed by atoms with Crippen LogP contribution in [0.5, 0.6) is 5.75 Å². The van der Waals surface area contributed by atoms with E-state index in [1.807, 2.05) is 4.90 Å². The summed E-state index contributed by atoms with van der Waals surface area (Å²) >= 11 is 5.96. The number of hydrogen-bond donors (Lipinski definition) is 0. The van der Waals surface area contributed by atoms with Crippen molar-refractivity contribution in [2.24, 2.45) is 0 Å². The minimum atomic E-state index is 0.0595. The number of aromatic nitrogens is 2. The molecule has 0 radical (unpaired) electrons. The van der Waals surface area contributed by atoms with Crippen LogP contribution in [0.4, 0.5) is 5.82 Å². The van der Waals surface area contributed by atoms with E-state index in [-0.39, 0.29) is 17.6 Å². The van der Waals surface area contributed by atoms with Crippen LogP contribution < -0.4 is 9.64 Å². The van der Waals surface area contributed by atoms with Crippen LogP contribution in [0.3, 0.4) is 0 Å². The molecule has 1 aromatic heterocycles. The van der Waals surface area contributed by atoms with E-state index in [1.54, 1.807) is 11.9 Å². The van der Waals surface area contributed by atoms with Crippen molar-refractivity contribution in [3.63, 3.8) is 0 Å². The third kappa shape index (κ3) is 2.48. The first-order valence-corrected chi connectivity index (χ1v) is 6.04. The number of carbonyl (C=O) groups is 1. The van der Waals surface area contributed by atoms with E-state index in [1.165, 1.54) is 13.4 Å². The Morgan fingerprint density at radius 2 is 2.17 bits per heavy atom. The molecular formula is C11H15ClN4O2. The fourth-order valence-electron chi connectivity index (χ4n) is 1.91. The van der Waals surface area contributed by atoms with Crippen LogP contribution in [0.2, 0.25) is 5.15 Å². The summed E-state index contributed by atoms with van der Waals surface area (Å²) in [6.07, 6.45) is 2.26. The van der Waals surface area contributed by atoms with Gasteiger partial charge in [-0.15, -0.1) is 0 Å². The van der Waals surface area contributed by atoms with Gasteiger partial charge >= 0.3 is 0 Å². The van der Waals surface area contributed by atoms with Gasteiger partial charge in [-0.25, -0.2) is 9.97 Å². The van der Waals surface area contributed by atoms with Crippen LogP contribution in [-0.2, 0) is 4.79 Å². The zero-order valence-electron chi connectivity index (χ0n) is 10.4. The molecule has 18 heavy (non-hydrogen) atoms. The monoisotopic (exact) mass is 270 g/mol. The van der Waals surface area contributed by atoms with Crippen LogP contribution in [0.1, 0.15) is 6.42 Å². The van der Waals surface area contributed by atoms with Crippen LogP contribution in [-0.4, -0.2) is 54.6 Å². The van der Waals surface area contributed by atoms with Crippen molar-refractivity contribution >= 4 is 23.3 Å². The number of anilines is 1. The van der Waals surface area contributed by atoms with E-state index < -0.39 is 0 Å². The van der Waals surface area contributed by atoms with Crippen molar-refractivity contribution in [1.29, 1.82) is 0 Å². The van der Waals surface area contributed by atoms with E-state index >= 15 is 0 Å². The Bertz CT molecular complexity index is 455. The van der Waals surface area contributed by atoms with Gasteiger partial charge in [0, 0.05) is 20.1 Å². The Morgan fingerprint density at radius 3 is 2.89 bits per heavy atom. The molecule has 0 N–H and O–H groups in total. The minimum absolute atomic E-state index is 0.0595. The first-order valence-electron chi connectivity index (χ1n) is 5.67. The van der Waals surface area contributed by atoms with Gasteiger partial charge in [-0.2, -0.15) is 0 Å². The van der Waals surface area contributed by atoms with Gasteiger partial charge in [0.05, 0.1) is 13.7 Å². The highest BCUT2D eigenvalue weighted by Gasteiger charge is 2.23. The maximum atomic E-state index is 11.8. The zero-order valence-corrected chi connectivity index (χ0v) is 11.1. The summed E-state index contributed by atoms with van der Waals surface area (Å²) in [7, 11) is 3.32. The standard InChI is InChI=1S/C11H15ClN4O2/c1-15-4-3-5-16(6-8(15)17)11-9(18-2)10(12)13-7-14-11/h7H,3-6H2,1-2H3. The molecule has 1 saturated heterocycles. The van der Waals surface area contributed by atoms with E-state index in [0.29, 0.717) is 11.6 Å². The van der Waals surface area contributed by atoms with Crippen LogP contribution in [0.15, 0.2) is 6.33 Å². The van der Waals surface area contributed by atoms with Crippen LogP contribution in [0, 0.1) is 0 Å². The first-order chi connectivity index (χ1) is 8.63. The number of amides is 1. The Balaban J connectivity index is 2.30. The number of methoxy groups -OCH3 is 1. The molecule has 1 aliphatic rings. The molecule has 0 unspecified atom stereocenters. The molecule has 0 aliphatic carbocycles. The number of likely N-dealkylation sites (N-methyl/N-ethyl adjacent to an activating group) is 1. The Hall–Kier alpha value is -1.56. The van der Waals surface area contributed by atoms with Crippen molar-refractivity contribution in [3.05, 3.63) is 11.5 Å². The molecular weight excluding hydrogens is 256 g/mol. The van der Waals surface area contributed by atoms with Crippen molar-refractivity contribution in [2.45, 2.75) is 6.42 Å². The second-order valence-corrected chi connectivity index (χ2v) is 4.47. The third-order valence-corrected chi connectivity index (χ3v) is 3.19. The van der Waals surface area contributed by atoms with E-state index in [0.717, 1.165) is 19.5 Å². The summed E-state index contributed by atoms with van der Waals surface area (Å²) in [6, 6.07) is 0. The zero-order chi connectivity index (χ0) is 13.1. The molecule has 0 aromatic carbocycles. The molecule has 98 valence electrons. The topological polar surface area (TPSA) is 58.6 Å². The lowest BCUT2D eigenvalue weighted by molar-refractivity contribution is -0.127. The first kappa shape index (κ1) is 12.9. The highest BCUT2D eigenvalue weighted by molar-refractivity contribution is 6.31. The molecule has 6 nitrogen and oxygen atoms in total. The molecule has 1 aromatic rings. The SMILES string of the molecule is COc1c(Cl)ncnc1N1CCCN(C)C(=O)C1. The van der Waals surface area contributed by atoms with Crippen molar-refractivity contribution in [2.75, 3.05) is 38.7 Å². The summed E-state index contributed by atoms with van der Waals surface area (Å²) in [5.74, 6) is 1.04. The van der Waals surface area contributed by atoms with E-state index in [9.17, 15) is 4.79 Å². The lowest BCUT2D eigenvalue weighted by Crippen LogP contribution is -2.35. The third-order valence-electron chi connectivity index (χ3n) is 2.92. The lowest BCUT2D eigenvalue weighted by atomic mass is 10.3. The van der Waals surface area contributed by atoms with Gasteiger partial charge in [-0.3, -0.25) is 4.79 Å². The molecule has 0 bridgehead atoms. The van der Waals surface area contributed by atoms with Gasteiger partial charge in [0.2, 0.25) is 5.91 Å². The quantitative estimate of drug-likeness (QED) is 0.745. The predicted octanol–water partition coefficient (Wildman–Crippen LogP) is 0.807. The number of halogens is 1. The van der Waals surface area contributed by atoms with Crippen LogP contribution >= 0.6 is 11.6 Å². The Kier molecular flexibility index (Phi) is 3.86. The Labute approximate surface area is 111 Å². The molecule has 0 saturated carbocycles. The van der Waals surface area contributed by atoms with Crippen LogP contribution in [0.25, 0.3) is 0 Å². The summed E-state index contributed by atoms with van der Waals surface area (Å²) in [5, 5.41) is 0.257. The minimum Gasteiger partial charge on any atom is -0.490 e. The fourth-order valence-corrected chi connectivity index (χ4v) is 2.12. The van der Waals surface area contributed by atoms with Gasteiger partial charge in [0.25, 0.3) is 0 Å². The average molecular weight is 271 g/mol. The molecule has 1 amide bonds. The number of hydrogen-bond acceptors (Lipinski definition) is 5. The van der Waals surface area contributed by atoms with Gasteiger partial charge in [-0.1, -0.05) is 11.6 Å². The lowest BCUT2D eigenvalue weighted by Gasteiger charge is -2.22. The number of ether oxygens (including phenoxy) is 1. The average Bonchev–Trinajstić information content (AvgIpc) is 2.52. The highest BCUT2D eigenvalue weighted by Crippen LogP contribution is 2.31. The molecule has 0 spiro atoms. The molecule has 2 heterocycles. The molecule has 1 fully saturated rings. The molecule has 1 aliphatic heterocycles. The van der Waals surface area contributed by atoms with Gasteiger partial charge in [-0.05, 0) is 6.42 Å². The maximum Gasteiger partial charge on any atom is 0.241 e. The molecule has 7 heteroatoms. The van der Waals surface area contributed by atoms with Crippen molar-refractivity contribution < 1.29 is 9.53 Å². The normalized spacial score (nSPS) is 16.7. The van der Waals surface area contributed by atoms with E-state index in [4.69, 9.17) is 16.3 Å². The van der Waals surface area contributed by atoms with Gasteiger partial charge in [0.15, 0.2) is 16.7 Å². The summed E-state index contributed by atoms with van der Waals surface area (Å²) < 4.78 is 5.21. The number of rotatable bonds is 2. The largest absolute Gasteiger partial charge is 0.490 e. The predicted molar refractivity (Wildman–Crippen MR) is 68.1 cm³/mol.